The van der Waals surface area contributed by atoms with Crippen LogP contribution in [-0.2, 0) is 4.79 Å². The molecule has 76 valence electrons. The molecule has 0 heterocycles. The molecular weight excluding hydrogens is 451 g/mol. The summed E-state index contributed by atoms with van der Waals surface area (Å²) in [5.41, 5.74) is 0.544. The minimum Gasteiger partial charge on any atom is -0.323 e. The first kappa shape index (κ1) is 12.8. The van der Waals surface area contributed by atoms with Crippen LogP contribution >= 0.6 is 68.4 Å². The van der Waals surface area contributed by atoms with Gasteiger partial charge in [-0.3, -0.25) is 4.79 Å². The number of halogens is 4. The van der Waals surface area contributed by atoms with Gasteiger partial charge in [-0.1, -0.05) is 68.4 Å². The molecule has 1 N–H and O–H groups in total. The van der Waals surface area contributed by atoms with E-state index in [1.54, 1.807) is 18.2 Å². The highest BCUT2D eigenvalue weighted by molar-refractivity contribution is 14.2. The molecule has 0 fully saturated rings. The van der Waals surface area contributed by atoms with Gasteiger partial charge in [0, 0.05) is 5.02 Å². The van der Waals surface area contributed by atoms with Crippen LogP contribution in [0, 0.1) is 0 Å². The summed E-state index contributed by atoms with van der Waals surface area (Å²) in [6, 6.07) is 4.94. The first-order valence-electron chi connectivity index (χ1n) is 3.55. The van der Waals surface area contributed by atoms with Gasteiger partial charge in [0.1, 0.15) is 1.93 Å². The monoisotopic (exact) mass is 455 g/mol. The van der Waals surface area contributed by atoms with Crippen LogP contribution in [-0.4, -0.2) is 7.84 Å². The van der Waals surface area contributed by atoms with E-state index in [1.165, 1.54) is 0 Å². The highest BCUT2D eigenvalue weighted by atomic mass is 127. The lowest BCUT2D eigenvalue weighted by atomic mass is 10.3. The highest BCUT2D eigenvalue weighted by Crippen LogP contribution is 2.26. The molecular formula is C8H5Cl2I2NO. The lowest BCUT2D eigenvalue weighted by molar-refractivity contribution is -0.113. The van der Waals surface area contributed by atoms with Gasteiger partial charge in [0.2, 0.25) is 5.91 Å². The smallest absolute Gasteiger partial charge is 0.247 e. The van der Waals surface area contributed by atoms with Crippen molar-refractivity contribution in [2.24, 2.45) is 0 Å². The fourth-order valence-electron chi connectivity index (χ4n) is 0.781. The zero-order valence-electron chi connectivity index (χ0n) is 6.73. The van der Waals surface area contributed by atoms with E-state index in [4.69, 9.17) is 23.2 Å². The molecule has 1 rings (SSSR count). The minimum absolute atomic E-state index is 0.102. The summed E-state index contributed by atoms with van der Waals surface area (Å²) in [7, 11) is 0. The molecule has 1 aromatic carbocycles. The molecule has 0 radical (unpaired) electrons. The summed E-state index contributed by atoms with van der Waals surface area (Å²) in [6.07, 6.45) is 0. The predicted octanol–water partition coefficient (Wildman–Crippen LogP) is 4.13. The second kappa shape index (κ2) is 5.72. The average Bonchev–Trinajstić information content (AvgIpc) is 2.11. The Kier molecular flexibility index (Phi) is 5.22. The Morgan fingerprint density at radius 3 is 2.57 bits per heavy atom. The van der Waals surface area contributed by atoms with E-state index in [1.807, 2.05) is 45.2 Å². The van der Waals surface area contributed by atoms with E-state index in [0.29, 0.717) is 15.7 Å². The van der Waals surface area contributed by atoms with E-state index >= 15 is 0 Å². The Morgan fingerprint density at radius 2 is 2.00 bits per heavy atom. The van der Waals surface area contributed by atoms with Gasteiger partial charge in [-0.05, 0) is 18.2 Å². The van der Waals surface area contributed by atoms with E-state index in [9.17, 15) is 4.79 Å². The molecule has 0 aromatic heterocycles. The molecule has 0 saturated carbocycles. The van der Waals surface area contributed by atoms with Gasteiger partial charge in [0.15, 0.2) is 0 Å². The van der Waals surface area contributed by atoms with Crippen LogP contribution in [0.2, 0.25) is 10.0 Å². The van der Waals surface area contributed by atoms with E-state index in [0.717, 1.165) is 0 Å². The Balaban J connectivity index is 2.86. The van der Waals surface area contributed by atoms with Crippen molar-refractivity contribution in [3.63, 3.8) is 0 Å². The van der Waals surface area contributed by atoms with E-state index in [-0.39, 0.29) is 7.84 Å². The fraction of sp³-hybridized carbons (Fsp3) is 0.125. The van der Waals surface area contributed by atoms with Crippen molar-refractivity contribution in [1.29, 1.82) is 0 Å². The zero-order chi connectivity index (χ0) is 10.7. The van der Waals surface area contributed by atoms with Crippen LogP contribution in [0.15, 0.2) is 18.2 Å². The summed E-state index contributed by atoms with van der Waals surface area (Å²) >= 11 is 15.7. The highest BCUT2D eigenvalue weighted by Gasteiger charge is 2.12. The number of amides is 1. The summed E-state index contributed by atoms with van der Waals surface area (Å²) in [4.78, 5) is 11.3. The average molecular weight is 456 g/mol. The molecule has 1 aromatic rings. The quantitative estimate of drug-likeness (QED) is 0.527. The molecule has 0 aliphatic heterocycles. The number of benzene rings is 1. The number of carbonyl (C=O) groups is 1. The van der Waals surface area contributed by atoms with Crippen molar-refractivity contribution >= 4 is 80.0 Å². The van der Waals surface area contributed by atoms with Crippen LogP contribution in [0.4, 0.5) is 5.69 Å². The SMILES string of the molecule is O=C(Nc1cc(Cl)ccc1Cl)C(I)I. The molecule has 14 heavy (non-hydrogen) atoms. The van der Waals surface area contributed by atoms with Crippen molar-refractivity contribution in [1.82, 2.24) is 0 Å². The Hall–Kier alpha value is 0.730. The van der Waals surface area contributed by atoms with Gasteiger partial charge >= 0.3 is 0 Å². The fourth-order valence-corrected chi connectivity index (χ4v) is 1.43. The standard InChI is InChI=1S/C8H5Cl2I2NO/c9-4-1-2-5(10)6(3-4)13-8(14)7(11)12/h1-3,7H,(H,13,14). The Labute approximate surface area is 119 Å². The van der Waals surface area contributed by atoms with Crippen LogP contribution in [0.5, 0.6) is 0 Å². The number of rotatable bonds is 2. The second-order valence-electron chi connectivity index (χ2n) is 2.41. The van der Waals surface area contributed by atoms with Gasteiger partial charge in [-0.25, -0.2) is 0 Å². The number of hydrogen-bond donors (Lipinski definition) is 1. The molecule has 0 spiro atoms. The van der Waals surface area contributed by atoms with Gasteiger partial charge < -0.3 is 5.32 Å². The van der Waals surface area contributed by atoms with E-state index in [2.05, 4.69) is 5.32 Å². The summed E-state index contributed by atoms with van der Waals surface area (Å²) in [6.45, 7) is 0. The maximum absolute atomic E-state index is 11.3. The summed E-state index contributed by atoms with van der Waals surface area (Å²) < 4.78 is -0.139. The lowest BCUT2D eigenvalue weighted by Crippen LogP contribution is -2.17. The number of anilines is 1. The molecule has 0 bridgehead atoms. The van der Waals surface area contributed by atoms with Crippen LogP contribution in [0.3, 0.4) is 0 Å². The maximum atomic E-state index is 11.3. The third kappa shape index (κ3) is 3.71. The molecule has 0 aliphatic carbocycles. The lowest BCUT2D eigenvalue weighted by Gasteiger charge is -2.07. The van der Waals surface area contributed by atoms with Crippen LogP contribution in [0.25, 0.3) is 0 Å². The minimum atomic E-state index is -0.139. The second-order valence-corrected chi connectivity index (χ2v) is 8.13. The molecule has 2 nitrogen and oxygen atoms in total. The number of nitrogens with one attached hydrogen (secondary N) is 1. The van der Waals surface area contributed by atoms with Gasteiger partial charge in [-0.15, -0.1) is 0 Å². The first-order valence-corrected chi connectivity index (χ1v) is 6.79. The van der Waals surface area contributed by atoms with E-state index < -0.39 is 0 Å². The topological polar surface area (TPSA) is 29.1 Å². The van der Waals surface area contributed by atoms with Gasteiger partial charge in [-0.2, -0.15) is 0 Å². The molecule has 1 amide bonds. The third-order valence-corrected chi connectivity index (χ3v) is 3.08. The first-order chi connectivity index (χ1) is 6.50. The molecule has 6 heteroatoms. The molecule has 0 atom stereocenters. The third-order valence-electron chi connectivity index (χ3n) is 1.38. The normalized spacial score (nSPS) is 10.4. The summed E-state index contributed by atoms with van der Waals surface area (Å²) in [5.74, 6) is -0.102. The largest absolute Gasteiger partial charge is 0.323 e. The predicted molar refractivity (Wildman–Crippen MR) is 76.9 cm³/mol. The summed E-state index contributed by atoms with van der Waals surface area (Å²) in [5, 5.41) is 3.71. The van der Waals surface area contributed by atoms with Crippen molar-refractivity contribution in [2.45, 2.75) is 1.93 Å². The van der Waals surface area contributed by atoms with Crippen LogP contribution < -0.4 is 5.32 Å². The van der Waals surface area contributed by atoms with Crippen molar-refractivity contribution in [3.05, 3.63) is 28.2 Å². The van der Waals surface area contributed by atoms with Crippen molar-refractivity contribution in [3.8, 4) is 0 Å². The van der Waals surface area contributed by atoms with Gasteiger partial charge in [0.25, 0.3) is 0 Å². The molecule has 0 saturated heterocycles. The number of alkyl halides is 2. The van der Waals surface area contributed by atoms with Gasteiger partial charge in [0.05, 0.1) is 10.7 Å². The van der Waals surface area contributed by atoms with Crippen LogP contribution in [0.1, 0.15) is 0 Å². The van der Waals surface area contributed by atoms with Crippen molar-refractivity contribution in [2.75, 3.05) is 5.32 Å². The molecule has 0 aliphatic rings. The maximum Gasteiger partial charge on any atom is 0.247 e. The Morgan fingerprint density at radius 1 is 1.36 bits per heavy atom. The number of hydrogen-bond acceptors (Lipinski definition) is 1. The van der Waals surface area contributed by atoms with Crippen molar-refractivity contribution < 1.29 is 4.79 Å². The number of carbonyl (C=O) groups excluding carboxylic acids is 1. The zero-order valence-corrected chi connectivity index (χ0v) is 12.6. The Bertz CT molecular complexity index is 357. The molecule has 0 unspecified atom stereocenters.